The maximum Gasteiger partial charge on any atom is 0.0717 e. The summed E-state index contributed by atoms with van der Waals surface area (Å²) in [4.78, 5) is 0. The molecule has 0 radical (unpaired) electrons. The number of hydrogen-bond acceptors (Lipinski definition) is 2. The lowest BCUT2D eigenvalue weighted by atomic mass is 10.2. The standard InChI is InChI=1S/C15H15IO.C8H9IO/c16-15-8-4-7-13(11-15)9-10-17-12-14-5-2-1-3-6-14;9-8-3-1-2-7(6-8)4-5-10/h1-8,11H,9-10,12H2;1-3,6,10H,4-5H2. The third-order valence-corrected chi connectivity index (χ3v) is 5.17. The SMILES string of the molecule is Ic1cccc(CCOCc2ccccc2)c1.OCCc1cccc(I)c1. The van der Waals surface area contributed by atoms with Gasteiger partial charge >= 0.3 is 0 Å². The molecule has 0 aromatic heterocycles. The third kappa shape index (κ3) is 9.69. The second-order valence-corrected chi connectivity index (χ2v) is 8.51. The highest BCUT2D eigenvalue weighted by molar-refractivity contribution is 14.1. The molecule has 0 fully saturated rings. The van der Waals surface area contributed by atoms with Crippen molar-refractivity contribution in [3.8, 4) is 0 Å². The number of benzene rings is 3. The number of aliphatic hydroxyl groups excluding tert-OH is 1. The summed E-state index contributed by atoms with van der Waals surface area (Å²) in [6.45, 7) is 1.71. The van der Waals surface area contributed by atoms with Gasteiger partial charge in [-0.2, -0.15) is 0 Å². The van der Waals surface area contributed by atoms with Crippen molar-refractivity contribution < 1.29 is 9.84 Å². The first-order valence-corrected chi connectivity index (χ1v) is 11.0. The van der Waals surface area contributed by atoms with Gasteiger partial charge in [-0.3, -0.25) is 0 Å². The van der Waals surface area contributed by atoms with Crippen molar-refractivity contribution in [2.75, 3.05) is 13.2 Å². The summed E-state index contributed by atoms with van der Waals surface area (Å²) in [6, 6.07) is 27.0. The highest BCUT2D eigenvalue weighted by Crippen LogP contribution is 2.09. The van der Waals surface area contributed by atoms with Gasteiger partial charge in [-0.25, -0.2) is 0 Å². The number of ether oxygens (including phenoxy) is 1. The molecule has 1 N–H and O–H groups in total. The summed E-state index contributed by atoms with van der Waals surface area (Å²) in [5.74, 6) is 0. The van der Waals surface area contributed by atoms with E-state index >= 15 is 0 Å². The Morgan fingerprint density at radius 3 is 1.78 bits per heavy atom. The van der Waals surface area contributed by atoms with Crippen molar-refractivity contribution in [2.24, 2.45) is 0 Å². The highest BCUT2D eigenvalue weighted by atomic mass is 127. The van der Waals surface area contributed by atoms with E-state index in [1.807, 2.05) is 36.4 Å². The predicted molar refractivity (Wildman–Crippen MR) is 129 cm³/mol. The Kier molecular flexibility index (Phi) is 11.0. The molecule has 0 saturated heterocycles. The molecule has 0 unspecified atom stereocenters. The number of aliphatic hydroxyl groups is 1. The van der Waals surface area contributed by atoms with Gasteiger partial charge in [-0.15, -0.1) is 0 Å². The van der Waals surface area contributed by atoms with Crippen molar-refractivity contribution in [3.05, 3.63) is 103 Å². The molecule has 0 bridgehead atoms. The van der Waals surface area contributed by atoms with Gasteiger partial charge in [0.25, 0.3) is 0 Å². The topological polar surface area (TPSA) is 29.5 Å². The molecule has 0 aliphatic carbocycles. The molecule has 3 aromatic carbocycles. The van der Waals surface area contributed by atoms with Crippen LogP contribution in [0, 0.1) is 7.14 Å². The molecule has 3 aromatic rings. The Bertz CT molecular complexity index is 791. The van der Waals surface area contributed by atoms with Crippen LogP contribution in [0.1, 0.15) is 16.7 Å². The molecule has 0 heterocycles. The fourth-order valence-corrected chi connectivity index (χ4v) is 3.68. The minimum absolute atomic E-state index is 0.236. The molecule has 3 rings (SSSR count). The summed E-state index contributed by atoms with van der Waals surface area (Å²) >= 11 is 4.60. The Morgan fingerprint density at radius 2 is 1.22 bits per heavy atom. The van der Waals surface area contributed by atoms with Crippen LogP contribution < -0.4 is 0 Å². The van der Waals surface area contributed by atoms with Crippen molar-refractivity contribution in [2.45, 2.75) is 19.4 Å². The van der Waals surface area contributed by atoms with E-state index in [0.29, 0.717) is 6.61 Å². The minimum atomic E-state index is 0.236. The second kappa shape index (κ2) is 13.3. The summed E-state index contributed by atoms with van der Waals surface area (Å²) in [5, 5.41) is 8.61. The zero-order valence-electron chi connectivity index (χ0n) is 15.2. The lowest BCUT2D eigenvalue weighted by Crippen LogP contribution is -1.99. The van der Waals surface area contributed by atoms with Gasteiger partial charge in [0.05, 0.1) is 13.2 Å². The lowest BCUT2D eigenvalue weighted by molar-refractivity contribution is 0.124. The normalized spacial score (nSPS) is 10.2. The Morgan fingerprint density at radius 1 is 0.667 bits per heavy atom. The molecule has 0 aliphatic heterocycles. The van der Waals surface area contributed by atoms with Gasteiger partial charge in [-0.1, -0.05) is 54.6 Å². The van der Waals surface area contributed by atoms with Crippen LogP contribution in [-0.2, 0) is 24.2 Å². The molecular weight excluding hydrogens is 562 g/mol. The molecule has 4 heteroatoms. The highest BCUT2D eigenvalue weighted by Gasteiger charge is 1.95. The van der Waals surface area contributed by atoms with Crippen LogP contribution in [0.15, 0.2) is 78.9 Å². The average molecular weight is 586 g/mol. The Hall–Kier alpha value is -0.960. The van der Waals surface area contributed by atoms with E-state index < -0.39 is 0 Å². The van der Waals surface area contributed by atoms with E-state index in [1.54, 1.807) is 0 Å². The first kappa shape index (κ1) is 22.3. The first-order chi connectivity index (χ1) is 13.2. The quantitative estimate of drug-likeness (QED) is 0.277. The molecule has 0 saturated carbocycles. The zero-order chi connectivity index (χ0) is 19.3. The summed E-state index contributed by atoms with van der Waals surface area (Å²) in [5.41, 5.74) is 3.77. The Labute approximate surface area is 189 Å². The van der Waals surface area contributed by atoms with Gasteiger partial charge in [-0.05, 0) is 99.0 Å². The number of hydrogen-bond donors (Lipinski definition) is 1. The van der Waals surface area contributed by atoms with Gasteiger partial charge in [0.1, 0.15) is 0 Å². The van der Waals surface area contributed by atoms with Crippen LogP contribution >= 0.6 is 45.2 Å². The van der Waals surface area contributed by atoms with Crippen LogP contribution in [0.4, 0.5) is 0 Å². The second-order valence-electron chi connectivity index (χ2n) is 6.02. The van der Waals surface area contributed by atoms with Crippen molar-refractivity contribution in [1.82, 2.24) is 0 Å². The van der Waals surface area contributed by atoms with Gasteiger partial charge < -0.3 is 9.84 Å². The molecule has 27 heavy (non-hydrogen) atoms. The molecule has 0 amide bonds. The summed E-state index contributed by atoms with van der Waals surface area (Å²) < 4.78 is 8.17. The van der Waals surface area contributed by atoms with Gasteiger partial charge in [0.2, 0.25) is 0 Å². The van der Waals surface area contributed by atoms with Gasteiger partial charge in [0, 0.05) is 13.7 Å². The monoisotopic (exact) mass is 586 g/mol. The maximum atomic E-state index is 8.61. The van der Waals surface area contributed by atoms with Gasteiger partial charge in [0.15, 0.2) is 0 Å². The van der Waals surface area contributed by atoms with E-state index in [-0.39, 0.29) is 6.61 Å². The predicted octanol–water partition coefficient (Wildman–Crippen LogP) is 5.88. The van der Waals surface area contributed by atoms with E-state index in [2.05, 4.69) is 87.6 Å². The maximum absolute atomic E-state index is 8.61. The van der Waals surface area contributed by atoms with Crippen LogP contribution in [0.3, 0.4) is 0 Å². The van der Waals surface area contributed by atoms with E-state index in [1.165, 1.54) is 23.8 Å². The number of halogens is 2. The molecule has 0 spiro atoms. The average Bonchev–Trinajstić information content (AvgIpc) is 2.67. The molecule has 0 aliphatic rings. The van der Waals surface area contributed by atoms with Crippen molar-refractivity contribution in [3.63, 3.8) is 0 Å². The van der Waals surface area contributed by atoms with Crippen molar-refractivity contribution in [1.29, 1.82) is 0 Å². The Balaban J connectivity index is 0.000000223. The van der Waals surface area contributed by atoms with Crippen LogP contribution in [-0.4, -0.2) is 18.3 Å². The third-order valence-electron chi connectivity index (χ3n) is 3.83. The first-order valence-electron chi connectivity index (χ1n) is 8.89. The molecule has 0 atom stereocenters. The smallest absolute Gasteiger partial charge is 0.0717 e. The van der Waals surface area contributed by atoms with E-state index in [9.17, 15) is 0 Å². The fourth-order valence-electron chi connectivity index (χ4n) is 2.47. The van der Waals surface area contributed by atoms with E-state index in [0.717, 1.165) is 19.4 Å². The molecular formula is C23H24I2O2. The summed E-state index contributed by atoms with van der Waals surface area (Å²) in [6.07, 6.45) is 1.74. The van der Waals surface area contributed by atoms with E-state index in [4.69, 9.17) is 9.84 Å². The van der Waals surface area contributed by atoms with Crippen LogP contribution in [0.25, 0.3) is 0 Å². The summed E-state index contributed by atoms with van der Waals surface area (Å²) in [7, 11) is 0. The number of rotatable bonds is 7. The van der Waals surface area contributed by atoms with Crippen LogP contribution in [0.2, 0.25) is 0 Å². The van der Waals surface area contributed by atoms with Crippen LogP contribution in [0.5, 0.6) is 0 Å². The fraction of sp³-hybridized carbons (Fsp3) is 0.217. The molecule has 142 valence electrons. The van der Waals surface area contributed by atoms with Crippen molar-refractivity contribution >= 4 is 45.2 Å². The minimum Gasteiger partial charge on any atom is -0.396 e. The lowest BCUT2D eigenvalue weighted by Gasteiger charge is -2.05. The largest absolute Gasteiger partial charge is 0.396 e. The molecule has 2 nitrogen and oxygen atoms in total. The zero-order valence-corrected chi connectivity index (χ0v) is 19.5.